The lowest BCUT2D eigenvalue weighted by Crippen LogP contribution is -2.39. The number of amides is 1. The molecule has 1 N–H and O–H groups in total. The molecular formula is C6H12N2O2. The molecule has 0 bridgehead atoms. The molecule has 4 nitrogen and oxygen atoms in total. The van der Waals surface area contributed by atoms with Gasteiger partial charge in [0.25, 0.3) is 5.91 Å². The van der Waals surface area contributed by atoms with Crippen molar-refractivity contribution < 1.29 is 9.53 Å². The summed E-state index contributed by atoms with van der Waals surface area (Å²) < 4.78 is 4.68. The smallest absolute Gasteiger partial charge is 0.262 e. The van der Waals surface area contributed by atoms with Crippen molar-refractivity contribution in [1.29, 1.82) is 0 Å². The number of nitrogens with one attached hydrogen (secondary N) is 1. The third-order valence-corrected chi connectivity index (χ3v) is 1.43. The van der Waals surface area contributed by atoms with Crippen LogP contribution in [-0.2, 0) is 9.53 Å². The van der Waals surface area contributed by atoms with Crippen LogP contribution < -0.4 is 5.43 Å². The first-order chi connectivity index (χ1) is 4.84. The predicted octanol–water partition coefficient (Wildman–Crippen LogP) is -0.630. The van der Waals surface area contributed by atoms with E-state index in [0.717, 1.165) is 19.5 Å². The molecule has 10 heavy (non-hydrogen) atoms. The van der Waals surface area contributed by atoms with Gasteiger partial charge in [0.05, 0.1) is 0 Å². The SMILES string of the molecule is COCC(=O)N1CCCN1. The molecule has 1 rings (SSSR count). The molecule has 0 spiro atoms. The first kappa shape index (κ1) is 7.50. The van der Waals surface area contributed by atoms with Crippen LogP contribution in [0.5, 0.6) is 0 Å². The van der Waals surface area contributed by atoms with E-state index >= 15 is 0 Å². The first-order valence-electron chi connectivity index (χ1n) is 3.37. The highest BCUT2D eigenvalue weighted by atomic mass is 16.5. The predicted molar refractivity (Wildman–Crippen MR) is 36.2 cm³/mol. The second-order valence-electron chi connectivity index (χ2n) is 2.24. The topological polar surface area (TPSA) is 41.6 Å². The Labute approximate surface area is 60.1 Å². The van der Waals surface area contributed by atoms with Gasteiger partial charge in [-0.1, -0.05) is 0 Å². The van der Waals surface area contributed by atoms with Crippen LogP contribution in [-0.4, -0.2) is 37.7 Å². The Morgan fingerprint density at radius 1 is 1.80 bits per heavy atom. The molecule has 0 aliphatic carbocycles. The van der Waals surface area contributed by atoms with Crippen LogP contribution in [0.2, 0.25) is 0 Å². The maximum Gasteiger partial charge on any atom is 0.262 e. The zero-order valence-electron chi connectivity index (χ0n) is 6.09. The van der Waals surface area contributed by atoms with Gasteiger partial charge < -0.3 is 4.74 Å². The summed E-state index contributed by atoms with van der Waals surface area (Å²) in [6.45, 7) is 1.88. The molecule has 1 amide bonds. The number of rotatable bonds is 2. The van der Waals surface area contributed by atoms with Gasteiger partial charge in [-0.25, -0.2) is 5.43 Å². The maximum absolute atomic E-state index is 11.0. The minimum Gasteiger partial charge on any atom is -0.375 e. The lowest BCUT2D eigenvalue weighted by molar-refractivity contribution is -0.136. The van der Waals surface area contributed by atoms with Gasteiger partial charge >= 0.3 is 0 Å². The van der Waals surface area contributed by atoms with E-state index < -0.39 is 0 Å². The number of methoxy groups -OCH3 is 1. The molecule has 0 unspecified atom stereocenters. The molecule has 58 valence electrons. The summed E-state index contributed by atoms with van der Waals surface area (Å²) in [5.41, 5.74) is 2.94. The molecule has 0 aromatic heterocycles. The summed E-state index contributed by atoms with van der Waals surface area (Å²) in [6.07, 6.45) is 1.04. The van der Waals surface area contributed by atoms with Crippen LogP contribution in [0.25, 0.3) is 0 Å². The lowest BCUT2D eigenvalue weighted by Gasteiger charge is -2.13. The summed E-state index contributed by atoms with van der Waals surface area (Å²) in [7, 11) is 1.52. The molecule has 1 aliphatic heterocycles. The first-order valence-corrected chi connectivity index (χ1v) is 3.37. The van der Waals surface area contributed by atoms with E-state index in [9.17, 15) is 4.79 Å². The van der Waals surface area contributed by atoms with Gasteiger partial charge in [0, 0.05) is 20.2 Å². The van der Waals surface area contributed by atoms with Crippen LogP contribution in [0, 0.1) is 0 Å². The normalized spacial score (nSPS) is 17.9. The fourth-order valence-electron chi connectivity index (χ4n) is 0.945. The highest BCUT2D eigenvalue weighted by Crippen LogP contribution is 1.95. The van der Waals surface area contributed by atoms with Gasteiger partial charge in [-0.15, -0.1) is 0 Å². The Morgan fingerprint density at radius 2 is 2.60 bits per heavy atom. The number of hydrogen-bond donors (Lipinski definition) is 1. The second kappa shape index (κ2) is 3.53. The van der Waals surface area contributed by atoms with Crippen LogP contribution in [0.15, 0.2) is 0 Å². The zero-order chi connectivity index (χ0) is 7.40. The number of carbonyl (C=O) groups excluding carboxylic acids is 1. The van der Waals surface area contributed by atoms with Crippen molar-refractivity contribution in [2.75, 3.05) is 26.8 Å². The van der Waals surface area contributed by atoms with Gasteiger partial charge in [-0.05, 0) is 6.42 Å². The highest BCUT2D eigenvalue weighted by molar-refractivity contribution is 5.77. The average Bonchev–Trinajstić information content (AvgIpc) is 2.38. The zero-order valence-corrected chi connectivity index (χ0v) is 6.09. The van der Waals surface area contributed by atoms with Gasteiger partial charge in [0.15, 0.2) is 0 Å². The molecule has 4 heteroatoms. The van der Waals surface area contributed by atoms with Crippen molar-refractivity contribution in [3.8, 4) is 0 Å². The maximum atomic E-state index is 11.0. The Hall–Kier alpha value is -0.610. The van der Waals surface area contributed by atoms with E-state index in [1.54, 1.807) is 5.01 Å². The minimum absolute atomic E-state index is 0.0139. The fraction of sp³-hybridized carbons (Fsp3) is 0.833. The van der Waals surface area contributed by atoms with Crippen molar-refractivity contribution in [3.63, 3.8) is 0 Å². The van der Waals surface area contributed by atoms with E-state index in [1.807, 2.05) is 0 Å². The van der Waals surface area contributed by atoms with E-state index in [-0.39, 0.29) is 12.5 Å². The number of ether oxygens (including phenoxy) is 1. The molecule has 1 saturated heterocycles. The summed E-state index contributed by atoms with van der Waals surface area (Å²) >= 11 is 0. The van der Waals surface area contributed by atoms with E-state index in [2.05, 4.69) is 10.2 Å². The molecule has 0 atom stereocenters. The third-order valence-electron chi connectivity index (χ3n) is 1.43. The molecule has 0 saturated carbocycles. The number of carbonyl (C=O) groups is 1. The van der Waals surface area contributed by atoms with Gasteiger partial charge in [0.2, 0.25) is 0 Å². The van der Waals surface area contributed by atoms with Gasteiger partial charge in [-0.3, -0.25) is 9.80 Å². The Bertz CT molecular complexity index is 121. The second-order valence-corrected chi connectivity index (χ2v) is 2.24. The molecule has 0 aromatic rings. The van der Waals surface area contributed by atoms with Crippen LogP contribution >= 0.6 is 0 Å². The summed E-state index contributed by atoms with van der Waals surface area (Å²) in [5.74, 6) is 0.0139. The summed E-state index contributed by atoms with van der Waals surface area (Å²) in [4.78, 5) is 11.0. The van der Waals surface area contributed by atoms with Crippen molar-refractivity contribution >= 4 is 5.91 Å². The summed E-state index contributed by atoms with van der Waals surface area (Å²) in [5, 5.41) is 1.60. The molecule has 1 aliphatic rings. The van der Waals surface area contributed by atoms with Crippen molar-refractivity contribution in [2.24, 2.45) is 0 Å². The van der Waals surface area contributed by atoms with Crippen molar-refractivity contribution in [3.05, 3.63) is 0 Å². The Morgan fingerprint density at radius 3 is 3.10 bits per heavy atom. The quantitative estimate of drug-likeness (QED) is 0.561. The standard InChI is InChI=1S/C6H12N2O2/c1-10-5-6(9)8-4-2-3-7-8/h7H,2-5H2,1H3. The van der Waals surface area contributed by atoms with Gasteiger partial charge in [0.1, 0.15) is 6.61 Å². The van der Waals surface area contributed by atoms with E-state index in [4.69, 9.17) is 0 Å². The van der Waals surface area contributed by atoms with E-state index in [1.165, 1.54) is 7.11 Å². The monoisotopic (exact) mass is 144 g/mol. The fourth-order valence-corrected chi connectivity index (χ4v) is 0.945. The lowest BCUT2D eigenvalue weighted by atomic mass is 10.4. The molecule has 1 heterocycles. The Kier molecular flexibility index (Phi) is 2.65. The molecule has 1 fully saturated rings. The number of hydrazine groups is 1. The van der Waals surface area contributed by atoms with Crippen LogP contribution in [0.4, 0.5) is 0 Å². The molecular weight excluding hydrogens is 132 g/mol. The Balaban J connectivity index is 2.25. The van der Waals surface area contributed by atoms with E-state index in [0.29, 0.717) is 0 Å². The average molecular weight is 144 g/mol. The van der Waals surface area contributed by atoms with Crippen LogP contribution in [0.3, 0.4) is 0 Å². The number of hydrogen-bond acceptors (Lipinski definition) is 3. The largest absolute Gasteiger partial charge is 0.375 e. The third kappa shape index (κ3) is 1.68. The highest BCUT2D eigenvalue weighted by Gasteiger charge is 2.16. The van der Waals surface area contributed by atoms with Crippen molar-refractivity contribution in [2.45, 2.75) is 6.42 Å². The minimum atomic E-state index is 0.0139. The summed E-state index contributed by atoms with van der Waals surface area (Å²) in [6, 6.07) is 0. The van der Waals surface area contributed by atoms with Crippen LogP contribution in [0.1, 0.15) is 6.42 Å². The van der Waals surface area contributed by atoms with Crippen molar-refractivity contribution in [1.82, 2.24) is 10.4 Å². The molecule has 0 radical (unpaired) electrons. The van der Waals surface area contributed by atoms with Gasteiger partial charge in [-0.2, -0.15) is 0 Å². The number of nitrogens with zero attached hydrogens (tertiary/aromatic N) is 1. The molecule has 0 aromatic carbocycles.